The van der Waals surface area contributed by atoms with Gasteiger partial charge in [0.1, 0.15) is 5.82 Å². The van der Waals surface area contributed by atoms with E-state index in [-0.39, 0.29) is 12.2 Å². The lowest BCUT2D eigenvalue weighted by Crippen LogP contribution is -2.48. The van der Waals surface area contributed by atoms with Crippen LogP contribution in [0.15, 0.2) is 64.2 Å². The van der Waals surface area contributed by atoms with Gasteiger partial charge in [0, 0.05) is 13.1 Å². The Morgan fingerprint density at radius 3 is 2.33 bits per heavy atom. The van der Waals surface area contributed by atoms with Gasteiger partial charge in [0.15, 0.2) is 0 Å². The summed E-state index contributed by atoms with van der Waals surface area (Å²) >= 11 is 0. The SMILES string of the molecule is O=C(c1nn(-c2ccccc2)c(=O)n(Cc2ccc(F)cc2)c1=O)N1CCOCC1. The highest BCUT2D eigenvalue weighted by Gasteiger charge is 2.26. The van der Waals surface area contributed by atoms with Crippen molar-refractivity contribution in [3.05, 3.63) is 92.5 Å². The number of carbonyl (C=O) groups excluding carboxylic acids is 1. The molecule has 1 aliphatic rings. The van der Waals surface area contributed by atoms with Crippen molar-refractivity contribution < 1.29 is 13.9 Å². The molecule has 1 fully saturated rings. The molecule has 8 nitrogen and oxygen atoms in total. The molecular formula is C21H19FN4O4. The Morgan fingerprint density at radius 2 is 1.67 bits per heavy atom. The predicted octanol–water partition coefficient (Wildman–Crippen LogP) is 1.05. The molecule has 1 amide bonds. The summed E-state index contributed by atoms with van der Waals surface area (Å²) in [5.74, 6) is -0.980. The molecule has 0 spiro atoms. The van der Waals surface area contributed by atoms with Crippen LogP contribution in [0.2, 0.25) is 0 Å². The minimum Gasteiger partial charge on any atom is -0.378 e. The third-order valence-electron chi connectivity index (χ3n) is 4.82. The maximum absolute atomic E-state index is 13.2. The number of hydrogen-bond acceptors (Lipinski definition) is 5. The summed E-state index contributed by atoms with van der Waals surface area (Å²) < 4.78 is 20.5. The van der Waals surface area contributed by atoms with Crippen molar-refractivity contribution >= 4 is 5.91 Å². The molecule has 1 saturated heterocycles. The monoisotopic (exact) mass is 410 g/mol. The van der Waals surface area contributed by atoms with Crippen LogP contribution in [0.5, 0.6) is 0 Å². The van der Waals surface area contributed by atoms with E-state index in [1.807, 2.05) is 0 Å². The fourth-order valence-corrected chi connectivity index (χ4v) is 3.21. The maximum Gasteiger partial charge on any atom is 0.352 e. The highest BCUT2D eigenvalue weighted by molar-refractivity contribution is 5.91. The first kappa shape index (κ1) is 19.7. The first-order valence-electron chi connectivity index (χ1n) is 9.45. The average Bonchev–Trinajstić information content (AvgIpc) is 2.79. The van der Waals surface area contributed by atoms with Crippen LogP contribution >= 0.6 is 0 Å². The van der Waals surface area contributed by atoms with E-state index in [0.29, 0.717) is 37.6 Å². The van der Waals surface area contributed by atoms with E-state index in [9.17, 15) is 18.8 Å². The molecule has 0 bridgehead atoms. The Bertz CT molecular complexity index is 1170. The Balaban J connectivity index is 1.85. The third kappa shape index (κ3) is 3.92. The van der Waals surface area contributed by atoms with Crippen LogP contribution in [0.4, 0.5) is 4.39 Å². The predicted molar refractivity (Wildman–Crippen MR) is 106 cm³/mol. The number of para-hydroxylation sites is 1. The Hall–Kier alpha value is -3.59. The van der Waals surface area contributed by atoms with Crippen molar-refractivity contribution in [2.24, 2.45) is 0 Å². The van der Waals surface area contributed by atoms with Crippen molar-refractivity contribution in [1.82, 2.24) is 19.2 Å². The number of halogens is 1. The second-order valence-corrected chi connectivity index (χ2v) is 6.80. The maximum atomic E-state index is 13.2. The van der Waals surface area contributed by atoms with Crippen molar-refractivity contribution in [3.8, 4) is 5.69 Å². The molecule has 0 unspecified atom stereocenters. The lowest BCUT2D eigenvalue weighted by Gasteiger charge is -2.26. The Labute approximate surface area is 170 Å². The molecule has 4 rings (SSSR count). The van der Waals surface area contributed by atoms with E-state index in [1.165, 1.54) is 29.2 Å². The van der Waals surface area contributed by atoms with E-state index in [2.05, 4.69) is 5.10 Å². The number of amides is 1. The lowest BCUT2D eigenvalue weighted by molar-refractivity contribution is 0.0295. The number of nitrogens with zero attached hydrogens (tertiary/aromatic N) is 4. The van der Waals surface area contributed by atoms with Gasteiger partial charge in [0.05, 0.1) is 25.4 Å². The van der Waals surface area contributed by atoms with Crippen molar-refractivity contribution in [2.45, 2.75) is 6.54 Å². The van der Waals surface area contributed by atoms with Crippen molar-refractivity contribution in [1.29, 1.82) is 0 Å². The highest BCUT2D eigenvalue weighted by Crippen LogP contribution is 2.07. The minimum absolute atomic E-state index is 0.114. The van der Waals surface area contributed by atoms with E-state index in [4.69, 9.17) is 4.74 Å². The summed E-state index contributed by atoms with van der Waals surface area (Å²) in [6.07, 6.45) is 0. The van der Waals surface area contributed by atoms with Crippen LogP contribution in [0.3, 0.4) is 0 Å². The molecule has 3 aromatic rings. The molecule has 1 aromatic heterocycles. The van der Waals surface area contributed by atoms with Gasteiger partial charge < -0.3 is 9.64 Å². The largest absolute Gasteiger partial charge is 0.378 e. The quantitative estimate of drug-likeness (QED) is 0.642. The van der Waals surface area contributed by atoms with Gasteiger partial charge in [-0.05, 0) is 29.8 Å². The molecule has 2 heterocycles. The molecule has 0 saturated carbocycles. The van der Waals surface area contributed by atoms with Crippen LogP contribution in [-0.2, 0) is 11.3 Å². The molecule has 1 aliphatic heterocycles. The van der Waals surface area contributed by atoms with Gasteiger partial charge in [-0.2, -0.15) is 9.78 Å². The van der Waals surface area contributed by atoms with E-state index < -0.39 is 23.0 Å². The summed E-state index contributed by atoms with van der Waals surface area (Å²) in [7, 11) is 0. The molecule has 0 atom stereocenters. The van der Waals surface area contributed by atoms with Crippen LogP contribution in [0.1, 0.15) is 16.1 Å². The topological polar surface area (TPSA) is 86.4 Å². The van der Waals surface area contributed by atoms with Crippen LogP contribution < -0.4 is 11.2 Å². The van der Waals surface area contributed by atoms with Gasteiger partial charge in [-0.1, -0.05) is 30.3 Å². The second kappa shape index (κ2) is 8.42. The van der Waals surface area contributed by atoms with E-state index >= 15 is 0 Å². The molecule has 0 N–H and O–H groups in total. The fourth-order valence-electron chi connectivity index (χ4n) is 3.21. The fraction of sp³-hybridized carbons (Fsp3) is 0.238. The molecule has 9 heteroatoms. The number of hydrogen-bond donors (Lipinski definition) is 0. The summed E-state index contributed by atoms with van der Waals surface area (Å²) in [4.78, 5) is 40.6. The van der Waals surface area contributed by atoms with Gasteiger partial charge in [0.25, 0.3) is 11.5 Å². The number of morpholine rings is 1. The summed E-state index contributed by atoms with van der Waals surface area (Å²) in [5, 5.41) is 4.11. The van der Waals surface area contributed by atoms with Crippen molar-refractivity contribution in [3.63, 3.8) is 0 Å². The smallest absolute Gasteiger partial charge is 0.352 e. The van der Waals surface area contributed by atoms with E-state index in [0.717, 1.165) is 9.25 Å². The zero-order chi connectivity index (χ0) is 21.1. The van der Waals surface area contributed by atoms with Crippen LogP contribution in [0.25, 0.3) is 5.69 Å². The molecule has 0 aliphatic carbocycles. The zero-order valence-corrected chi connectivity index (χ0v) is 16.0. The van der Waals surface area contributed by atoms with Gasteiger partial charge in [-0.15, -0.1) is 0 Å². The molecular weight excluding hydrogens is 391 g/mol. The van der Waals surface area contributed by atoms with E-state index in [1.54, 1.807) is 30.3 Å². The number of carbonyl (C=O) groups is 1. The number of aromatic nitrogens is 3. The Morgan fingerprint density at radius 1 is 1.00 bits per heavy atom. The molecule has 30 heavy (non-hydrogen) atoms. The minimum atomic E-state index is -0.784. The van der Waals surface area contributed by atoms with Crippen LogP contribution in [-0.4, -0.2) is 51.5 Å². The molecule has 0 radical (unpaired) electrons. The van der Waals surface area contributed by atoms with Crippen molar-refractivity contribution in [2.75, 3.05) is 26.3 Å². The standard InChI is InChI=1S/C21H19FN4O4/c22-16-8-6-15(7-9-16)14-25-20(28)18(19(27)24-10-12-30-13-11-24)23-26(21(25)29)17-4-2-1-3-5-17/h1-9H,10-14H2. The van der Waals surface area contributed by atoms with Gasteiger partial charge in [-0.3, -0.25) is 14.2 Å². The second-order valence-electron chi connectivity index (χ2n) is 6.80. The zero-order valence-electron chi connectivity index (χ0n) is 16.0. The first-order chi connectivity index (χ1) is 14.5. The highest BCUT2D eigenvalue weighted by atomic mass is 19.1. The lowest BCUT2D eigenvalue weighted by atomic mass is 10.2. The first-order valence-corrected chi connectivity index (χ1v) is 9.45. The summed E-state index contributed by atoms with van der Waals surface area (Å²) in [5.41, 5.74) is -0.845. The third-order valence-corrected chi connectivity index (χ3v) is 4.82. The Kier molecular flexibility index (Phi) is 5.53. The van der Waals surface area contributed by atoms with Crippen LogP contribution in [0, 0.1) is 5.82 Å². The number of rotatable bonds is 4. The van der Waals surface area contributed by atoms with Gasteiger partial charge in [-0.25, -0.2) is 9.18 Å². The summed E-state index contributed by atoms with van der Waals surface area (Å²) in [6.45, 7) is 1.29. The van der Waals surface area contributed by atoms with Gasteiger partial charge in [0.2, 0.25) is 5.69 Å². The van der Waals surface area contributed by atoms with Gasteiger partial charge >= 0.3 is 5.69 Å². The average molecular weight is 410 g/mol. The molecule has 2 aromatic carbocycles. The molecule has 154 valence electrons. The number of ether oxygens (including phenoxy) is 1. The number of benzene rings is 2. The normalized spacial score (nSPS) is 14.0. The summed E-state index contributed by atoms with van der Waals surface area (Å²) in [6, 6.07) is 14.0.